The number of carbonyl (C=O) groups excluding carboxylic acids is 1. The van der Waals surface area contributed by atoms with Gasteiger partial charge >= 0.3 is 0 Å². The number of thioether (sulfide) groups is 1. The number of hydrogen-bond donors (Lipinski definition) is 1. The smallest absolute Gasteiger partial charge is 0.230 e. The maximum Gasteiger partial charge on any atom is 0.230 e. The van der Waals surface area contributed by atoms with Crippen molar-refractivity contribution >= 4 is 23.6 Å². The van der Waals surface area contributed by atoms with E-state index in [0.29, 0.717) is 18.7 Å². The van der Waals surface area contributed by atoms with Gasteiger partial charge in [0.1, 0.15) is 5.82 Å². The first-order chi connectivity index (χ1) is 15.5. The van der Waals surface area contributed by atoms with Crippen molar-refractivity contribution in [3.63, 3.8) is 0 Å². The molecule has 1 atom stereocenters. The SMILES string of the molecule is Cc1cc(CNC(=O)CSc2nnc(N3CCC(C)CC3)n2CC2CCCO2)ccc1F. The van der Waals surface area contributed by atoms with Gasteiger partial charge in [-0.05, 0) is 55.7 Å². The normalized spacial score (nSPS) is 19.5. The molecular weight excluding hydrogens is 429 g/mol. The van der Waals surface area contributed by atoms with Crippen molar-refractivity contribution in [3.05, 3.63) is 35.1 Å². The average molecular weight is 462 g/mol. The Morgan fingerprint density at radius 3 is 2.81 bits per heavy atom. The zero-order chi connectivity index (χ0) is 22.5. The lowest BCUT2D eigenvalue weighted by Crippen LogP contribution is -2.35. The Labute approximate surface area is 193 Å². The molecule has 1 amide bonds. The molecule has 0 spiro atoms. The third-order valence-electron chi connectivity index (χ3n) is 6.22. The third-order valence-corrected chi connectivity index (χ3v) is 7.19. The molecule has 1 aromatic heterocycles. The second-order valence-electron chi connectivity index (χ2n) is 8.85. The van der Waals surface area contributed by atoms with Crippen LogP contribution < -0.4 is 10.2 Å². The molecular formula is C23H32FN5O2S. The fourth-order valence-electron chi connectivity index (χ4n) is 4.18. The molecule has 2 saturated heterocycles. The Morgan fingerprint density at radius 1 is 1.28 bits per heavy atom. The van der Waals surface area contributed by atoms with Gasteiger partial charge < -0.3 is 15.0 Å². The van der Waals surface area contributed by atoms with Crippen LogP contribution >= 0.6 is 11.8 Å². The molecule has 2 fully saturated rings. The number of carbonyl (C=O) groups is 1. The minimum absolute atomic E-state index is 0.0861. The summed E-state index contributed by atoms with van der Waals surface area (Å²) in [4.78, 5) is 14.8. The number of ether oxygens (including phenoxy) is 1. The lowest BCUT2D eigenvalue weighted by molar-refractivity contribution is -0.118. The highest BCUT2D eigenvalue weighted by Gasteiger charge is 2.26. The fraction of sp³-hybridized carbons (Fsp3) is 0.609. The summed E-state index contributed by atoms with van der Waals surface area (Å²) in [5, 5.41) is 12.6. The molecule has 0 bridgehead atoms. The molecule has 1 aromatic carbocycles. The van der Waals surface area contributed by atoms with Crippen LogP contribution in [0.4, 0.5) is 10.3 Å². The van der Waals surface area contributed by atoms with E-state index in [-0.39, 0.29) is 23.6 Å². The Balaban J connectivity index is 1.38. The number of nitrogens with one attached hydrogen (secondary N) is 1. The zero-order valence-electron chi connectivity index (χ0n) is 18.8. The van der Waals surface area contributed by atoms with E-state index in [2.05, 4.69) is 31.9 Å². The first-order valence-corrected chi connectivity index (χ1v) is 12.4. The highest BCUT2D eigenvalue weighted by Crippen LogP contribution is 2.28. The van der Waals surface area contributed by atoms with Crippen LogP contribution in [0.2, 0.25) is 0 Å². The molecule has 1 unspecified atom stereocenters. The number of aryl methyl sites for hydroxylation is 1. The summed E-state index contributed by atoms with van der Waals surface area (Å²) in [6.07, 6.45) is 4.59. The molecule has 3 heterocycles. The van der Waals surface area contributed by atoms with E-state index < -0.39 is 0 Å². The van der Waals surface area contributed by atoms with Crippen molar-refractivity contribution in [1.29, 1.82) is 0 Å². The number of aromatic nitrogens is 3. The molecule has 7 nitrogen and oxygen atoms in total. The van der Waals surface area contributed by atoms with E-state index in [1.54, 1.807) is 19.1 Å². The van der Waals surface area contributed by atoms with Gasteiger partial charge in [-0.3, -0.25) is 9.36 Å². The quantitative estimate of drug-likeness (QED) is 0.606. The van der Waals surface area contributed by atoms with Crippen LogP contribution in [-0.2, 0) is 22.6 Å². The summed E-state index contributed by atoms with van der Waals surface area (Å²) < 4.78 is 21.4. The summed E-state index contributed by atoms with van der Waals surface area (Å²) >= 11 is 1.40. The van der Waals surface area contributed by atoms with Crippen LogP contribution in [0.3, 0.4) is 0 Å². The summed E-state index contributed by atoms with van der Waals surface area (Å²) in [6.45, 7) is 7.87. The second-order valence-corrected chi connectivity index (χ2v) is 9.79. The maximum absolute atomic E-state index is 13.4. The van der Waals surface area contributed by atoms with Crippen molar-refractivity contribution in [3.8, 4) is 0 Å². The Kier molecular flexibility index (Phi) is 7.67. The van der Waals surface area contributed by atoms with E-state index >= 15 is 0 Å². The van der Waals surface area contributed by atoms with Crippen LogP contribution in [0.5, 0.6) is 0 Å². The third kappa shape index (κ3) is 5.81. The highest BCUT2D eigenvalue weighted by atomic mass is 32.2. The van der Waals surface area contributed by atoms with Gasteiger partial charge in [-0.25, -0.2) is 4.39 Å². The number of hydrogen-bond acceptors (Lipinski definition) is 6. The lowest BCUT2D eigenvalue weighted by atomic mass is 10.00. The fourth-order valence-corrected chi connectivity index (χ4v) is 4.95. The first kappa shape index (κ1) is 23.0. The Hall–Kier alpha value is -2.13. The number of anilines is 1. The molecule has 2 aliphatic heterocycles. The molecule has 9 heteroatoms. The minimum atomic E-state index is -0.236. The predicted molar refractivity (Wildman–Crippen MR) is 123 cm³/mol. The van der Waals surface area contributed by atoms with Crippen LogP contribution in [0, 0.1) is 18.7 Å². The van der Waals surface area contributed by atoms with Gasteiger partial charge in [0.2, 0.25) is 11.9 Å². The van der Waals surface area contributed by atoms with Gasteiger partial charge in [0, 0.05) is 26.2 Å². The number of nitrogens with zero attached hydrogens (tertiary/aromatic N) is 4. The molecule has 32 heavy (non-hydrogen) atoms. The summed E-state index contributed by atoms with van der Waals surface area (Å²) in [7, 11) is 0. The Bertz CT molecular complexity index is 923. The summed E-state index contributed by atoms with van der Waals surface area (Å²) in [6, 6.07) is 4.88. The molecule has 2 aromatic rings. The molecule has 1 N–H and O–H groups in total. The van der Waals surface area contributed by atoms with Gasteiger partial charge in [0.25, 0.3) is 0 Å². The molecule has 4 rings (SSSR count). The van der Waals surface area contributed by atoms with Crippen LogP contribution in [0.1, 0.15) is 43.7 Å². The van der Waals surface area contributed by atoms with Gasteiger partial charge in [-0.2, -0.15) is 0 Å². The minimum Gasteiger partial charge on any atom is -0.376 e. The van der Waals surface area contributed by atoms with Crippen molar-refractivity contribution in [2.45, 2.75) is 63.9 Å². The van der Waals surface area contributed by atoms with Crippen molar-refractivity contribution in [2.24, 2.45) is 5.92 Å². The number of benzene rings is 1. The first-order valence-electron chi connectivity index (χ1n) is 11.4. The van der Waals surface area contributed by atoms with E-state index in [1.807, 2.05) is 0 Å². The summed E-state index contributed by atoms with van der Waals surface area (Å²) in [5.74, 6) is 1.55. The second kappa shape index (κ2) is 10.7. The van der Waals surface area contributed by atoms with Crippen molar-refractivity contribution in [2.75, 3.05) is 30.3 Å². The number of halogens is 1. The van der Waals surface area contributed by atoms with Gasteiger partial charge in [0.05, 0.1) is 18.4 Å². The molecule has 0 saturated carbocycles. The largest absolute Gasteiger partial charge is 0.376 e. The van der Waals surface area contributed by atoms with Crippen molar-refractivity contribution in [1.82, 2.24) is 20.1 Å². The van der Waals surface area contributed by atoms with E-state index in [0.717, 1.165) is 68.0 Å². The topological polar surface area (TPSA) is 72.3 Å². The maximum atomic E-state index is 13.4. The average Bonchev–Trinajstić information content (AvgIpc) is 3.44. The molecule has 2 aliphatic rings. The van der Waals surface area contributed by atoms with Gasteiger partial charge in [-0.15, -0.1) is 10.2 Å². The van der Waals surface area contributed by atoms with Crippen LogP contribution in [0.15, 0.2) is 23.4 Å². The van der Waals surface area contributed by atoms with Crippen LogP contribution in [0.25, 0.3) is 0 Å². The highest BCUT2D eigenvalue weighted by molar-refractivity contribution is 7.99. The number of piperidine rings is 1. The van der Waals surface area contributed by atoms with Gasteiger partial charge in [-0.1, -0.05) is 30.8 Å². The monoisotopic (exact) mass is 461 g/mol. The standard InChI is InChI=1S/C23H32FN5O2S/c1-16-7-9-28(10-8-16)22-26-27-23(29(22)14-19-4-3-11-31-19)32-15-21(30)25-13-18-5-6-20(24)17(2)12-18/h5-6,12,16,19H,3-4,7-11,13-15H2,1-2H3,(H,25,30). The van der Waals surface area contributed by atoms with Crippen LogP contribution in [-0.4, -0.2) is 52.2 Å². The number of rotatable bonds is 8. The molecule has 0 radical (unpaired) electrons. The van der Waals surface area contributed by atoms with Crippen molar-refractivity contribution < 1.29 is 13.9 Å². The zero-order valence-corrected chi connectivity index (χ0v) is 19.7. The lowest BCUT2D eigenvalue weighted by Gasteiger charge is -2.31. The Morgan fingerprint density at radius 2 is 2.09 bits per heavy atom. The van der Waals surface area contributed by atoms with E-state index in [4.69, 9.17) is 4.74 Å². The molecule has 174 valence electrons. The van der Waals surface area contributed by atoms with E-state index in [9.17, 15) is 9.18 Å². The summed E-state index contributed by atoms with van der Waals surface area (Å²) in [5.41, 5.74) is 1.46. The predicted octanol–water partition coefficient (Wildman–Crippen LogP) is 3.55. The van der Waals surface area contributed by atoms with Gasteiger partial charge in [0.15, 0.2) is 5.16 Å². The molecule has 0 aliphatic carbocycles. The van der Waals surface area contributed by atoms with E-state index in [1.165, 1.54) is 17.8 Å². The number of amides is 1.